The van der Waals surface area contributed by atoms with Gasteiger partial charge in [-0.25, -0.2) is 4.98 Å². The summed E-state index contributed by atoms with van der Waals surface area (Å²) in [5.74, 6) is 0.974. The molecule has 0 saturated heterocycles. The Balaban J connectivity index is 1.72. The lowest BCUT2D eigenvalue weighted by Gasteiger charge is -2.44. The molecule has 1 N–H and O–H groups in total. The van der Waals surface area contributed by atoms with Gasteiger partial charge in [-0.05, 0) is 42.5 Å². The van der Waals surface area contributed by atoms with E-state index in [1.807, 2.05) is 18.3 Å². The van der Waals surface area contributed by atoms with Crippen LogP contribution >= 0.6 is 0 Å². The van der Waals surface area contributed by atoms with E-state index in [2.05, 4.69) is 71.0 Å². The highest BCUT2D eigenvalue weighted by atomic mass is 15.1. The van der Waals surface area contributed by atoms with Crippen molar-refractivity contribution < 1.29 is 0 Å². The maximum Gasteiger partial charge on any atom is 0.134 e. The van der Waals surface area contributed by atoms with Crippen LogP contribution in [0.4, 0.5) is 5.82 Å². The first-order valence-corrected chi connectivity index (χ1v) is 8.22. The topological polar surface area (TPSA) is 24.9 Å². The largest absolute Gasteiger partial charge is 0.360 e. The van der Waals surface area contributed by atoms with Crippen LogP contribution in [-0.2, 0) is 5.54 Å². The van der Waals surface area contributed by atoms with Gasteiger partial charge in [-0.15, -0.1) is 0 Å². The minimum Gasteiger partial charge on any atom is -0.360 e. The summed E-state index contributed by atoms with van der Waals surface area (Å²) in [6.07, 6.45) is 5.44. The molecule has 0 bridgehead atoms. The van der Waals surface area contributed by atoms with Gasteiger partial charge in [-0.1, -0.05) is 60.7 Å². The smallest absolute Gasteiger partial charge is 0.134 e. The van der Waals surface area contributed by atoms with E-state index in [-0.39, 0.29) is 5.54 Å². The van der Waals surface area contributed by atoms with Crippen molar-refractivity contribution in [3.63, 3.8) is 0 Å². The van der Waals surface area contributed by atoms with Gasteiger partial charge in [0, 0.05) is 11.8 Å². The van der Waals surface area contributed by atoms with Gasteiger partial charge in [0.15, 0.2) is 0 Å². The van der Waals surface area contributed by atoms with E-state index in [9.17, 15) is 0 Å². The number of nitrogens with zero attached hydrogens (tertiary/aromatic N) is 1. The SMILES string of the molecule is c1ccc(-c2cccnc2NC2(c3ccccc3)CCC2)cc1. The van der Waals surface area contributed by atoms with Gasteiger partial charge in [-0.2, -0.15) is 0 Å². The van der Waals surface area contributed by atoms with Crippen molar-refractivity contribution >= 4 is 5.82 Å². The number of hydrogen-bond acceptors (Lipinski definition) is 2. The second-order valence-corrected chi connectivity index (χ2v) is 6.19. The minimum atomic E-state index is 0.0269. The Labute approximate surface area is 137 Å². The summed E-state index contributed by atoms with van der Waals surface area (Å²) in [6, 6.07) is 25.4. The standard InChI is InChI=1S/C21H20N2/c1-3-9-17(10-4-1)19-13-7-16-22-20(19)23-21(14-8-15-21)18-11-5-2-6-12-18/h1-7,9-13,16H,8,14-15H2,(H,22,23). The molecule has 4 rings (SSSR count). The van der Waals surface area contributed by atoms with Crippen molar-refractivity contribution in [1.29, 1.82) is 0 Å². The van der Waals surface area contributed by atoms with Crippen LogP contribution in [0.25, 0.3) is 11.1 Å². The zero-order chi connectivity index (χ0) is 15.5. The summed E-state index contributed by atoms with van der Waals surface area (Å²) < 4.78 is 0. The minimum absolute atomic E-state index is 0.0269. The van der Waals surface area contributed by atoms with Gasteiger partial charge in [0.2, 0.25) is 0 Å². The second-order valence-electron chi connectivity index (χ2n) is 6.19. The molecule has 1 aliphatic carbocycles. The number of rotatable bonds is 4. The lowest BCUT2D eigenvalue weighted by atomic mass is 9.71. The van der Waals surface area contributed by atoms with Crippen LogP contribution in [0.15, 0.2) is 79.0 Å². The van der Waals surface area contributed by atoms with Crippen molar-refractivity contribution in [3.8, 4) is 11.1 Å². The molecule has 1 fully saturated rings. The number of pyridine rings is 1. The lowest BCUT2D eigenvalue weighted by molar-refractivity contribution is 0.283. The Morgan fingerprint density at radius 1 is 0.783 bits per heavy atom. The van der Waals surface area contributed by atoms with Crippen LogP contribution in [0.3, 0.4) is 0 Å². The van der Waals surface area contributed by atoms with E-state index in [1.54, 1.807) is 0 Å². The van der Waals surface area contributed by atoms with Crippen molar-refractivity contribution in [3.05, 3.63) is 84.6 Å². The molecule has 0 radical (unpaired) electrons. The first-order chi connectivity index (χ1) is 11.4. The van der Waals surface area contributed by atoms with Crippen molar-refractivity contribution in [1.82, 2.24) is 4.98 Å². The summed E-state index contributed by atoms with van der Waals surface area (Å²) >= 11 is 0. The zero-order valence-corrected chi connectivity index (χ0v) is 13.1. The number of nitrogens with one attached hydrogen (secondary N) is 1. The molecule has 0 atom stereocenters. The number of aromatic nitrogens is 1. The number of hydrogen-bond donors (Lipinski definition) is 1. The zero-order valence-electron chi connectivity index (χ0n) is 13.1. The van der Waals surface area contributed by atoms with E-state index in [1.165, 1.54) is 17.5 Å². The molecule has 0 aliphatic heterocycles. The van der Waals surface area contributed by atoms with Gasteiger partial charge < -0.3 is 5.32 Å². The van der Waals surface area contributed by atoms with Crippen LogP contribution in [0.1, 0.15) is 24.8 Å². The van der Waals surface area contributed by atoms with Gasteiger partial charge in [0.05, 0.1) is 5.54 Å². The van der Waals surface area contributed by atoms with Crippen LogP contribution < -0.4 is 5.32 Å². The van der Waals surface area contributed by atoms with Gasteiger partial charge in [0.1, 0.15) is 5.82 Å². The van der Waals surface area contributed by atoms with Gasteiger partial charge >= 0.3 is 0 Å². The number of benzene rings is 2. The summed E-state index contributed by atoms with van der Waals surface area (Å²) in [7, 11) is 0. The van der Waals surface area contributed by atoms with E-state index in [4.69, 9.17) is 0 Å². The monoisotopic (exact) mass is 300 g/mol. The van der Waals surface area contributed by atoms with Gasteiger partial charge in [0.25, 0.3) is 0 Å². The lowest BCUT2D eigenvalue weighted by Crippen LogP contribution is -2.42. The molecular weight excluding hydrogens is 280 g/mol. The molecule has 114 valence electrons. The average molecular weight is 300 g/mol. The fraction of sp³-hybridized carbons (Fsp3) is 0.190. The third-order valence-electron chi connectivity index (χ3n) is 4.78. The maximum absolute atomic E-state index is 4.64. The molecule has 0 amide bonds. The van der Waals surface area contributed by atoms with Crippen molar-refractivity contribution in [2.24, 2.45) is 0 Å². The van der Waals surface area contributed by atoms with Gasteiger partial charge in [-0.3, -0.25) is 0 Å². The Bertz CT molecular complexity index is 777. The Morgan fingerprint density at radius 2 is 1.48 bits per heavy atom. The molecule has 2 nitrogen and oxygen atoms in total. The highest BCUT2D eigenvalue weighted by Crippen LogP contribution is 2.44. The predicted octanol–water partition coefficient (Wildman–Crippen LogP) is 5.24. The van der Waals surface area contributed by atoms with E-state index >= 15 is 0 Å². The molecule has 3 aromatic rings. The summed E-state index contributed by atoms with van der Waals surface area (Å²) in [4.78, 5) is 4.64. The average Bonchev–Trinajstić information content (AvgIpc) is 2.60. The molecule has 23 heavy (non-hydrogen) atoms. The maximum atomic E-state index is 4.64. The molecule has 1 heterocycles. The molecule has 1 aromatic heterocycles. The number of anilines is 1. The highest BCUT2D eigenvalue weighted by Gasteiger charge is 2.39. The molecule has 2 heteroatoms. The van der Waals surface area contributed by atoms with Crippen LogP contribution in [0.5, 0.6) is 0 Å². The molecule has 2 aromatic carbocycles. The summed E-state index contributed by atoms with van der Waals surface area (Å²) in [5.41, 5.74) is 3.75. The Morgan fingerprint density at radius 3 is 2.13 bits per heavy atom. The highest BCUT2D eigenvalue weighted by molar-refractivity contribution is 5.75. The van der Waals surface area contributed by atoms with Crippen LogP contribution in [0, 0.1) is 0 Å². The van der Waals surface area contributed by atoms with Crippen LogP contribution in [-0.4, -0.2) is 4.98 Å². The van der Waals surface area contributed by atoms with Crippen LogP contribution in [0.2, 0.25) is 0 Å². The van der Waals surface area contributed by atoms with E-state index < -0.39 is 0 Å². The van der Waals surface area contributed by atoms with Crippen molar-refractivity contribution in [2.45, 2.75) is 24.8 Å². The molecular formula is C21H20N2. The molecule has 0 unspecified atom stereocenters. The Kier molecular flexibility index (Phi) is 3.58. The first kappa shape index (κ1) is 14.0. The molecule has 1 saturated carbocycles. The fourth-order valence-electron chi connectivity index (χ4n) is 3.36. The normalized spacial score (nSPS) is 15.7. The quantitative estimate of drug-likeness (QED) is 0.712. The summed E-state index contributed by atoms with van der Waals surface area (Å²) in [6.45, 7) is 0. The van der Waals surface area contributed by atoms with E-state index in [0.717, 1.165) is 24.2 Å². The van der Waals surface area contributed by atoms with E-state index in [0.29, 0.717) is 0 Å². The fourth-order valence-corrected chi connectivity index (χ4v) is 3.36. The first-order valence-electron chi connectivity index (χ1n) is 8.22. The van der Waals surface area contributed by atoms with Crippen molar-refractivity contribution in [2.75, 3.05) is 5.32 Å². The third kappa shape index (κ3) is 2.61. The summed E-state index contributed by atoms with van der Waals surface area (Å²) in [5, 5.41) is 3.76. The molecule has 0 spiro atoms. The second kappa shape index (κ2) is 5.88. The molecule has 1 aliphatic rings. The predicted molar refractivity (Wildman–Crippen MR) is 95.3 cm³/mol. The third-order valence-corrected chi connectivity index (χ3v) is 4.78. The Hall–Kier alpha value is -2.61.